The van der Waals surface area contributed by atoms with Crippen LogP contribution in [0.2, 0.25) is 0 Å². The van der Waals surface area contributed by atoms with E-state index in [1.54, 1.807) is 0 Å². The zero-order valence-electron chi connectivity index (χ0n) is 30.5. The number of hydrogen-bond acceptors (Lipinski definition) is 0. The Labute approximate surface area is 323 Å². The fourth-order valence-corrected chi connectivity index (χ4v) is 9.32. The first-order valence-corrected chi connectivity index (χ1v) is 19.3. The van der Waals surface area contributed by atoms with Crippen molar-refractivity contribution < 1.29 is 0 Å². The summed E-state index contributed by atoms with van der Waals surface area (Å²) in [6, 6.07) is 75.7. The van der Waals surface area contributed by atoms with Crippen molar-refractivity contribution in [3.05, 3.63) is 206 Å². The van der Waals surface area contributed by atoms with Crippen LogP contribution in [-0.4, -0.2) is 9.13 Å². The molecule has 0 N–H and O–H groups in total. The van der Waals surface area contributed by atoms with Gasteiger partial charge >= 0.3 is 0 Å². The first-order valence-electron chi connectivity index (χ1n) is 19.3. The molecule has 0 atom stereocenters. The minimum atomic E-state index is 1.15. The Morgan fingerprint density at radius 2 is 0.536 bits per heavy atom. The highest BCUT2D eigenvalue weighted by Gasteiger charge is 2.17. The fraction of sp³-hybridized carbons (Fsp3) is 0. The molecule has 0 saturated carbocycles. The van der Waals surface area contributed by atoms with E-state index in [9.17, 15) is 0 Å². The van der Waals surface area contributed by atoms with Gasteiger partial charge in [-0.2, -0.15) is 0 Å². The Balaban J connectivity index is 0.998. The molecule has 0 fully saturated rings. The third-order valence-electron chi connectivity index (χ3n) is 11.9. The smallest absolute Gasteiger partial charge is 0.0547 e. The maximum absolute atomic E-state index is 2.43. The summed E-state index contributed by atoms with van der Waals surface area (Å²) in [6.45, 7) is 0. The maximum Gasteiger partial charge on any atom is 0.0547 e. The molecule has 0 radical (unpaired) electrons. The van der Waals surface area contributed by atoms with Crippen molar-refractivity contribution >= 4 is 75.9 Å². The lowest BCUT2D eigenvalue weighted by Gasteiger charge is -2.13. The van der Waals surface area contributed by atoms with Crippen molar-refractivity contribution in [1.82, 2.24) is 9.13 Å². The monoisotopic (exact) mass is 710 g/mol. The van der Waals surface area contributed by atoms with Crippen molar-refractivity contribution in [2.24, 2.45) is 0 Å². The normalized spacial score (nSPS) is 11.9. The summed E-state index contributed by atoms with van der Waals surface area (Å²) < 4.78 is 4.82. The maximum atomic E-state index is 2.43. The quantitative estimate of drug-likeness (QED) is 0.161. The van der Waals surface area contributed by atoms with Crippen LogP contribution in [-0.2, 0) is 0 Å². The third-order valence-corrected chi connectivity index (χ3v) is 11.9. The minimum absolute atomic E-state index is 1.15. The van der Waals surface area contributed by atoms with E-state index in [0.29, 0.717) is 0 Å². The van der Waals surface area contributed by atoms with E-state index in [0.717, 1.165) is 5.69 Å². The molecule has 0 bridgehead atoms. The van der Waals surface area contributed by atoms with Gasteiger partial charge in [-0.05, 0) is 109 Å². The predicted octanol–water partition coefficient (Wildman–Crippen LogP) is 14.7. The van der Waals surface area contributed by atoms with E-state index >= 15 is 0 Å². The van der Waals surface area contributed by atoms with Crippen LogP contribution in [0.1, 0.15) is 0 Å². The lowest BCUT2D eigenvalue weighted by Crippen LogP contribution is -1.94. The van der Waals surface area contributed by atoms with Crippen molar-refractivity contribution in [3.63, 3.8) is 0 Å². The molecule has 0 amide bonds. The Kier molecular flexibility index (Phi) is 6.66. The lowest BCUT2D eigenvalue weighted by molar-refractivity contribution is 1.18. The van der Waals surface area contributed by atoms with Gasteiger partial charge in [-0.25, -0.2) is 0 Å². The van der Waals surface area contributed by atoms with Crippen molar-refractivity contribution in [3.8, 4) is 33.6 Å². The number of aromatic nitrogens is 2. The molecule has 0 unspecified atom stereocenters. The zero-order chi connectivity index (χ0) is 36.7. The third kappa shape index (κ3) is 4.57. The highest BCUT2D eigenvalue weighted by atomic mass is 15.0. The molecule has 0 aliphatic rings. The minimum Gasteiger partial charge on any atom is -0.309 e. The Morgan fingerprint density at radius 1 is 0.196 bits per heavy atom. The van der Waals surface area contributed by atoms with Gasteiger partial charge < -0.3 is 9.13 Å². The topological polar surface area (TPSA) is 9.86 Å². The van der Waals surface area contributed by atoms with Gasteiger partial charge in [0, 0.05) is 32.9 Å². The Hall–Kier alpha value is -7.42. The van der Waals surface area contributed by atoms with Crippen LogP contribution in [0.15, 0.2) is 206 Å². The van der Waals surface area contributed by atoms with Gasteiger partial charge in [0.25, 0.3) is 0 Å². The molecular weight excluding hydrogens is 677 g/mol. The Bertz CT molecular complexity index is 3480. The molecule has 0 saturated heterocycles. The van der Waals surface area contributed by atoms with Crippen LogP contribution in [0.25, 0.3) is 110 Å². The summed E-state index contributed by atoms with van der Waals surface area (Å²) in [7, 11) is 0. The second-order valence-electron chi connectivity index (χ2n) is 14.9. The van der Waals surface area contributed by atoms with Gasteiger partial charge in [-0.15, -0.1) is 0 Å². The van der Waals surface area contributed by atoms with E-state index in [4.69, 9.17) is 0 Å². The van der Waals surface area contributed by atoms with Crippen LogP contribution in [0.5, 0.6) is 0 Å². The van der Waals surface area contributed by atoms with Gasteiger partial charge in [0.2, 0.25) is 0 Å². The van der Waals surface area contributed by atoms with Crippen molar-refractivity contribution in [2.75, 3.05) is 0 Å². The second kappa shape index (κ2) is 12.0. The van der Waals surface area contributed by atoms with Gasteiger partial charge in [-0.3, -0.25) is 0 Å². The molecule has 260 valence electrons. The molecule has 12 rings (SSSR count). The molecule has 0 aliphatic carbocycles. The van der Waals surface area contributed by atoms with Crippen LogP contribution < -0.4 is 0 Å². The number of benzene rings is 10. The molecule has 2 nitrogen and oxygen atoms in total. The summed E-state index contributed by atoms with van der Waals surface area (Å²) in [5, 5.41) is 12.8. The molecule has 12 aromatic rings. The highest BCUT2D eigenvalue weighted by molar-refractivity contribution is 6.25. The van der Waals surface area contributed by atoms with E-state index in [2.05, 4.69) is 215 Å². The highest BCUT2D eigenvalue weighted by Crippen LogP contribution is 2.40. The van der Waals surface area contributed by atoms with Gasteiger partial charge in [0.05, 0.1) is 22.1 Å². The number of para-hydroxylation sites is 3. The summed E-state index contributed by atoms with van der Waals surface area (Å²) in [5.41, 5.74) is 12.0. The molecule has 0 spiro atoms. The molecule has 56 heavy (non-hydrogen) atoms. The van der Waals surface area contributed by atoms with Gasteiger partial charge in [0.15, 0.2) is 0 Å². The number of rotatable bonds is 4. The molecule has 2 heterocycles. The van der Waals surface area contributed by atoms with Crippen molar-refractivity contribution in [1.29, 1.82) is 0 Å². The van der Waals surface area contributed by atoms with Gasteiger partial charge in [0.1, 0.15) is 0 Å². The summed E-state index contributed by atoms with van der Waals surface area (Å²) in [6.07, 6.45) is 0. The van der Waals surface area contributed by atoms with E-state index in [1.165, 1.54) is 104 Å². The average Bonchev–Trinajstić information content (AvgIpc) is 3.79. The van der Waals surface area contributed by atoms with Crippen LogP contribution in [0.3, 0.4) is 0 Å². The van der Waals surface area contributed by atoms with Gasteiger partial charge in [-0.1, -0.05) is 152 Å². The van der Waals surface area contributed by atoms with Crippen LogP contribution in [0.4, 0.5) is 0 Å². The summed E-state index contributed by atoms with van der Waals surface area (Å²) in [4.78, 5) is 0. The number of hydrogen-bond donors (Lipinski definition) is 0. The molecular formula is C54H34N2. The average molecular weight is 711 g/mol. The van der Waals surface area contributed by atoms with E-state index < -0.39 is 0 Å². The standard InChI is InChI=1S/C54H34N2/c1-2-12-39(13-3-1)55-51-20-10-8-18-46(51)48-30-25-37(33-53(48)55)38-26-31-49-47-19-9-11-21-52(47)56(54(49)34-38)40-27-22-35(23-28-40)36-24-29-45-43-16-5-4-14-41(43)42-15-6-7-17-44(42)50(45)32-36/h1-34H. The number of nitrogens with zero attached hydrogens (tertiary/aromatic N) is 2. The molecule has 0 aliphatic heterocycles. The molecule has 10 aromatic carbocycles. The summed E-state index contributed by atoms with van der Waals surface area (Å²) in [5.74, 6) is 0. The van der Waals surface area contributed by atoms with E-state index in [-0.39, 0.29) is 0 Å². The molecule has 2 heteroatoms. The second-order valence-corrected chi connectivity index (χ2v) is 14.9. The number of fused-ring (bicyclic) bond motifs is 12. The van der Waals surface area contributed by atoms with Crippen LogP contribution >= 0.6 is 0 Å². The Morgan fingerprint density at radius 3 is 1.05 bits per heavy atom. The first kappa shape index (κ1) is 31.0. The lowest BCUT2D eigenvalue weighted by atomic mass is 9.92. The van der Waals surface area contributed by atoms with Crippen LogP contribution in [0, 0.1) is 0 Å². The predicted molar refractivity (Wildman–Crippen MR) is 239 cm³/mol. The van der Waals surface area contributed by atoms with Crippen molar-refractivity contribution in [2.45, 2.75) is 0 Å². The first-order chi connectivity index (χ1) is 27.8. The van der Waals surface area contributed by atoms with E-state index in [1.807, 2.05) is 0 Å². The zero-order valence-corrected chi connectivity index (χ0v) is 30.5. The fourth-order valence-electron chi connectivity index (χ4n) is 9.32. The largest absolute Gasteiger partial charge is 0.309 e. The SMILES string of the molecule is c1ccc(-n2c3ccccc3c3ccc(-c4ccc5c6ccccc6n(-c6ccc(-c7ccc8c9ccccc9c9ccccc9c8c7)cc6)c5c4)cc32)cc1. The molecule has 2 aromatic heterocycles. The summed E-state index contributed by atoms with van der Waals surface area (Å²) >= 11 is 0.